The molecular formula is C14H18ClFO2. The number of benzene rings is 1. The van der Waals surface area contributed by atoms with E-state index >= 15 is 0 Å². The zero-order chi connectivity index (χ0) is 12.8. The van der Waals surface area contributed by atoms with Crippen LogP contribution in [0.3, 0.4) is 0 Å². The summed E-state index contributed by atoms with van der Waals surface area (Å²) < 4.78 is 24.3. The van der Waals surface area contributed by atoms with Gasteiger partial charge in [0.25, 0.3) is 0 Å². The molecule has 0 radical (unpaired) electrons. The van der Waals surface area contributed by atoms with Gasteiger partial charge in [-0.2, -0.15) is 0 Å². The minimum atomic E-state index is -0.303. The molecule has 1 aromatic rings. The zero-order valence-electron chi connectivity index (χ0n) is 10.3. The van der Waals surface area contributed by atoms with Crippen molar-refractivity contribution < 1.29 is 13.9 Å². The van der Waals surface area contributed by atoms with E-state index in [-0.39, 0.29) is 5.82 Å². The van der Waals surface area contributed by atoms with Crippen molar-refractivity contribution in [1.29, 1.82) is 0 Å². The van der Waals surface area contributed by atoms with Gasteiger partial charge in [0.2, 0.25) is 0 Å². The summed E-state index contributed by atoms with van der Waals surface area (Å²) >= 11 is 5.68. The summed E-state index contributed by atoms with van der Waals surface area (Å²) in [7, 11) is 0. The lowest BCUT2D eigenvalue weighted by Crippen LogP contribution is -2.07. The molecule has 4 heteroatoms. The van der Waals surface area contributed by atoms with E-state index in [0.717, 1.165) is 37.9 Å². The van der Waals surface area contributed by atoms with Crippen LogP contribution in [0.1, 0.15) is 31.2 Å². The Morgan fingerprint density at radius 3 is 3.00 bits per heavy atom. The van der Waals surface area contributed by atoms with Crippen molar-refractivity contribution in [3.63, 3.8) is 0 Å². The molecule has 100 valence electrons. The van der Waals surface area contributed by atoms with Crippen LogP contribution in [0.15, 0.2) is 18.2 Å². The summed E-state index contributed by atoms with van der Waals surface area (Å²) in [6, 6.07) is 4.59. The Labute approximate surface area is 112 Å². The standard InChI is InChI=1S/C14H18ClFO2/c15-10-11-7-12(16)9-14(8-11)18-6-2-4-13-3-1-5-17-13/h7-9,13H,1-6,10H2. The molecule has 0 saturated carbocycles. The summed E-state index contributed by atoms with van der Waals surface area (Å²) in [6.07, 6.45) is 4.64. The molecule has 0 aliphatic carbocycles. The summed E-state index contributed by atoms with van der Waals surface area (Å²) in [4.78, 5) is 0. The van der Waals surface area contributed by atoms with Gasteiger partial charge >= 0.3 is 0 Å². The van der Waals surface area contributed by atoms with Crippen molar-refractivity contribution in [3.05, 3.63) is 29.6 Å². The molecule has 0 aromatic heterocycles. The van der Waals surface area contributed by atoms with Crippen LogP contribution in [0.4, 0.5) is 4.39 Å². The van der Waals surface area contributed by atoms with E-state index < -0.39 is 0 Å². The molecule has 0 N–H and O–H groups in total. The van der Waals surface area contributed by atoms with Gasteiger partial charge in [-0.1, -0.05) is 0 Å². The summed E-state index contributed by atoms with van der Waals surface area (Å²) in [6.45, 7) is 1.47. The summed E-state index contributed by atoms with van der Waals surface area (Å²) in [5.41, 5.74) is 0.741. The Hall–Kier alpha value is -0.800. The average molecular weight is 273 g/mol. The minimum absolute atomic E-state index is 0.296. The molecule has 1 aromatic carbocycles. The van der Waals surface area contributed by atoms with Crippen LogP contribution in [0, 0.1) is 5.82 Å². The predicted molar refractivity (Wildman–Crippen MR) is 69.7 cm³/mol. The topological polar surface area (TPSA) is 18.5 Å². The quantitative estimate of drug-likeness (QED) is 0.578. The number of alkyl halides is 1. The molecule has 0 bridgehead atoms. The minimum Gasteiger partial charge on any atom is -0.493 e. The SMILES string of the molecule is Fc1cc(CCl)cc(OCCCC2CCCO2)c1. The fraction of sp³-hybridized carbons (Fsp3) is 0.571. The third kappa shape index (κ3) is 4.14. The fourth-order valence-corrected chi connectivity index (χ4v) is 2.31. The van der Waals surface area contributed by atoms with Crippen LogP contribution in [0.5, 0.6) is 5.75 Å². The van der Waals surface area contributed by atoms with Gasteiger partial charge in [0.15, 0.2) is 0 Å². The Morgan fingerprint density at radius 1 is 1.39 bits per heavy atom. The van der Waals surface area contributed by atoms with E-state index in [1.54, 1.807) is 6.07 Å². The molecule has 1 fully saturated rings. The molecule has 0 amide bonds. The van der Waals surface area contributed by atoms with Crippen molar-refractivity contribution in [2.24, 2.45) is 0 Å². The maximum atomic E-state index is 13.2. The second-order valence-electron chi connectivity index (χ2n) is 4.55. The third-order valence-electron chi connectivity index (χ3n) is 3.05. The van der Waals surface area contributed by atoms with Gasteiger partial charge in [0.1, 0.15) is 11.6 Å². The average Bonchev–Trinajstić information content (AvgIpc) is 2.87. The molecule has 0 spiro atoms. The Bertz CT molecular complexity index is 378. The van der Waals surface area contributed by atoms with E-state index in [2.05, 4.69) is 0 Å². The van der Waals surface area contributed by atoms with Crippen molar-refractivity contribution in [2.75, 3.05) is 13.2 Å². The van der Waals surface area contributed by atoms with Crippen molar-refractivity contribution in [2.45, 2.75) is 37.7 Å². The molecule has 2 nitrogen and oxygen atoms in total. The van der Waals surface area contributed by atoms with E-state index in [1.807, 2.05) is 0 Å². The van der Waals surface area contributed by atoms with E-state index in [0.29, 0.717) is 24.3 Å². The Balaban J connectivity index is 1.73. The first-order chi connectivity index (χ1) is 8.78. The normalized spacial score (nSPS) is 19.1. The van der Waals surface area contributed by atoms with Crippen LogP contribution in [-0.2, 0) is 10.6 Å². The van der Waals surface area contributed by atoms with Crippen molar-refractivity contribution in [1.82, 2.24) is 0 Å². The zero-order valence-corrected chi connectivity index (χ0v) is 11.1. The lowest BCUT2D eigenvalue weighted by Gasteiger charge is -2.10. The highest BCUT2D eigenvalue weighted by atomic mass is 35.5. The molecular weight excluding hydrogens is 255 g/mol. The monoisotopic (exact) mass is 272 g/mol. The van der Waals surface area contributed by atoms with E-state index in [4.69, 9.17) is 21.1 Å². The van der Waals surface area contributed by atoms with Crippen LogP contribution < -0.4 is 4.74 Å². The molecule has 1 saturated heterocycles. The smallest absolute Gasteiger partial charge is 0.127 e. The van der Waals surface area contributed by atoms with Gasteiger partial charge in [-0.25, -0.2) is 4.39 Å². The van der Waals surface area contributed by atoms with Gasteiger partial charge in [-0.15, -0.1) is 11.6 Å². The third-order valence-corrected chi connectivity index (χ3v) is 3.36. The Morgan fingerprint density at radius 2 is 2.28 bits per heavy atom. The number of halogens is 2. The van der Waals surface area contributed by atoms with Crippen molar-refractivity contribution in [3.8, 4) is 5.75 Å². The second kappa shape index (κ2) is 6.95. The molecule has 1 unspecified atom stereocenters. The lowest BCUT2D eigenvalue weighted by atomic mass is 10.1. The highest BCUT2D eigenvalue weighted by Crippen LogP contribution is 2.20. The molecule has 2 rings (SSSR count). The summed E-state index contributed by atoms with van der Waals surface area (Å²) in [5.74, 6) is 0.546. The van der Waals surface area contributed by atoms with Gasteiger partial charge in [0, 0.05) is 18.6 Å². The molecule has 1 atom stereocenters. The molecule has 1 aliphatic rings. The first-order valence-corrected chi connectivity index (χ1v) is 6.91. The van der Waals surface area contributed by atoms with Gasteiger partial charge < -0.3 is 9.47 Å². The van der Waals surface area contributed by atoms with E-state index in [1.165, 1.54) is 12.1 Å². The first kappa shape index (κ1) is 13.6. The number of ether oxygens (including phenoxy) is 2. The Kier molecular flexibility index (Phi) is 5.26. The summed E-state index contributed by atoms with van der Waals surface area (Å²) in [5, 5.41) is 0. The predicted octanol–water partition coefficient (Wildman–Crippen LogP) is 3.90. The number of hydrogen-bond acceptors (Lipinski definition) is 2. The fourth-order valence-electron chi connectivity index (χ4n) is 2.15. The number of hydrogen-bond donors (Lipinski definition) is 0. The maximum absolute atomic E-state index is 13.2. The highest BCUT2D eigenvalue weighted by Gasteiger charge is 2.14. The first-order valence-electron chi connectivity index (χ1n) is 6.38. The van der Waals surface area contributed by atoms with Gasteiger partial charge in [-0.05, 0) is 43.4 Å². The van der Waals surface area contributed by atoms with Crippen LogP contribution in [0.25, 0.3) is 0 Å². The second-order valence-corrected chi connectivity index (χ2v) is 4.82. The largest absolute Gasteiger partial charge is 0.493 e. The molecule has 1 heterocycles. The highest BCUT2D eigenvalue weighted by molar-refractivity contribution is 6.17. The van der Waals surface area contributed by atoms with Crippen molar-refractivity contribution >= 4 is 11.6 Å². The number of rotatable bonds is 6. The lowest BCUT2D eigenvalue weighted by molar-refractivity contribution is 0.0981. The van der Waals surface area contributed by atoms with Crippen LogP contribution in [0.2, 0.25) is 0 Å². The maximum Gasteiger partial charge on any atom is 0.127 e. The van der Waals surface area contributed by atoms with E-state index in [9.17, 15) is 4.39 Å². The van der Waals surface area contributed by atoms with Gasteiger partial charge in [0.05, 0.1) is 12.7 Å². The van der Waals surface area contributed by atoms with Crippen LogP contribution >= 0.6 is 11.6 Å². The molecule has 1 aliphatic heterocycles. The molecule has 18 heavy (non-hydrogen) atoms. The van der Waals surface area contributed by atoms with Gasteiger partial charge in [-0.3, -0.25) is 0 Å². The van der Waals surface area contributed by atoms with Crippen LogP contribution in [-0.4, -0.2) is 19.3 Å².